The van der Waals surface area contributed by atoms with Gasteiger partial charge in [0.15, 0.2) is 0 Å². The SMILES string of the molecule is CCCC(C#N)C(=O)NCCC(=O)N(C)C. The second kappa shape index (κ2) is 7.69. The molecule has 5 heteroatoms. The van der Waals surface area contributed by atoms with E-state index in [1.807, 2.05) is 13.0 Å². The predicted molar refractivity (Wildman–Crippen MR) is 60.3 cm³/mol. The lowest BCUT2D eigenvalue weighted by Gasteiger charge is -2.11. The van der Waals surface area contributed by atoms with Crippen LogP contribution < -0.4 is 5.32 Å². The van der Waals surface area contributed by atoms with Gasteiger partial charge in [-0.05, 0) is 6.42 Å². The third kappa shape index (κ3) is 5.35. The van der Waals surface area contributed by atoms with Gasteiger partial charge < -0.3 is 10.2 Å². The molecule has 16 heavy (non-hydrogen) atoms. The van der Waals surface area contributed by atoms with Crippen LogP contribution in [0, 0.1) is 17.2 Å². The standard InChI is InChI=1S/C11H19N3O2/c1-4-5-9(8-12)11(16)13-7-6-10(15)14(2)3/h9H,4-7H2,1-3H3,(H,13,16). The number of hydrogen-bond acceptors (Lipinski definition) is 3. The highest BCUT2D eigenvalue weighted by Crippen LogP contribution is 2.04. The Balaban J connectivity index is 3.89. The minimum atomic E-state index is -0.598. The van der Waals surface area contributed by atoms with Crippen molar-refractivity contribution in [2.45, 2.75) is 26.2 Å². The average Bonchev–Trinajstić information content (AvgIpc) is 2.25. The fourth-order valence-electron chi connectivity index (χ4n) is 1.18. The third-order valence-electron chi connectivity index (χ3n) is 2.19. The number of carbonyl (C=O) groups excluding carboxylic acids is 2. The maximum absolute atomic E-state index is 11.5. The smallest absolute Gasteiger partial charge is 0.237 e. The summed E-state index contributed by atoms with van der Waals surface area (Å²) < 4.78 is 0. The predicted octanol–water partition coefficient (Wildman–Crippen LogP) is 0.521. The highest BCUT2D eigenvalue weighted by atomic mass is 16.2. The first-order chi connectivity index (χ1) is 7.52. The maximum Gasteiger partial charge on any atom is 0.237 e. The van der Waals surface area contributed by atoms with Gasteiger partial charge in [0.2, 0.25) is 11.8 Å². The molecule has 5 nitrogen and oxygen atoms in total. The molecular formula is C11H19N3O2. The number of nitrogens with zero attached hydrogens (tertiary/aromatic N) is 2. The first-order valence-electron chi connectivity index (χ1n) is 5.40. The van der Waals surface area contributed by atoms with E-state index in [0.717, 1.165) is 6.42 Å². The Morgan fingerprint density at radius 2 is 2.06 bits per heavy atom. The molecule has 0 spiro atoms. The van der Waals surface area contributed by atoms with Crippen molar-refractivity contribution in [3.63, 3.8) is 0 Å². The molecule has 0 aromatic heterocycles. The van der Waals surface area contributed by atoms with Gasteiger partial charge in [-0.15, -0.1) is 0 Å². The van der Waals surface area contributed by atoms with E-state index in [1.165, 1.54) is 4.90 Å². The van der Waals surface area contributed by atoms with Gasteiger partial charge in [0.25, 0.3) is 0 Å². The van der Waals surface area contributed by atoms with Crippen molar-refractivity contribution in [3.8, 4) is 6.07 Å². The Kier molecular flexibility index (Phi) is 6.93. The summed E-state index contributed by atoms with van der Waals surface area (Å²) in [6, 6.07) is 1.96. The molecule has 0 bridgehead atoms. The first-order valence-corrected chi connectivity index (χ1v) is 5.40. The number of hydrogen-bond donors (Lipinski definition) is 1. The highest BCUT2D eigenvalue weighted by Gasteiger charge is 2.16. The molecule has 0 saturated heterocycles. The van der Waals surface area contributed by atoms with E-state index in [9.17, 15) is 9.59 Å². The van der Waals surface area contributed by atoms with Crippen LogP contribution in [0.4, 0.5) is 0 Å². The molecule has 0 rings (SSSR count). The Labute approximate surface area is 96.4 Å². The topological polar surface area (TPSA) is 73.2 Å². The van der Waals surface area contributed by atoms with Crippen LogP contribution in [0.3, 0.4) is 0 Å². The molecule has 0 saturated carbocycles. The quantitative estimate of drug-likeness (QED) is 0.716. The number of amides is 2. The van der Waals surface area contributed by atoms with Crippen molar-refractivity contribution in [1.29, 1.82) is 5.26 Å². The van der Waals surface area contributed by atoms with Gasteiger partial charge in [0, 0.05) is 27.1 Å². The summed E-state index contributed by atoms with van der Waals surface area (Å²) in [5.74, 6) is -0.917. The zero-order valence-corrected chi connectivity index (χ0v) is 10.1. The molecule has 0 aliphatic rings. The molecule has 0 aliphatic heterocycles. The van der Waals surface area contributed by atoms with Crippen LogP contribution in [0.2, 0.25) is 0 Å². The van der Waals surface area contributed by atoms with Crippen LogP contribution in [0.1, 0.15) is 26.2 Å². The molecular weight excluding hydrogens is 206 g/mol. The lowest BCUT2D eigenvalue weighted by atomic mass is 10.1. The summed E-state index contributed by atoms with van der Waals surface area (Å²) in [7, 11) is 3.33. The molecule has 1 unspecified atom stereocenters. The third-order valence-corrected chi connectivity index (χ3v) is 2.19. The van der Waals surface area contributed by atoms with Crippen LogP contribution >= 0.6 is 0 Å². The molecule has 1 atom stereocenters. The first kappa shape index (κ1) is 14.4. The maximum atomic E-state index is 11.5. The lowest BCUT2D eigenvalue weighted by Crippen LogP contribution is -2.33. The van der Waals surface area contributed by atoms with E-state index in [1.54, 1.807) is 14.1 Å². The number of nitrogens with one attached hydrogen (secondary N) is 1. The van der Waals surface area contributed by atoms with Gasteiger partial charge in [-0.2, -0.15) is 5.26 Å². The molecule has 0 heterocycles. The monoisotopic (exact) mass is 225 g/mol. The zero-order valence-electron chi connectivity index (χ0n) is 10.1. The fraction of sp³-hybridized carbons (Fsp3) is 0.727. The van der Waals surface area contributed by atoms with E-state index in [2.05, 4.69) is 5.32 Å². The lowest BCUT2D eigenvalue weighted by molar-refractivity contribution is -0.128. The van der Waals surface area contributed by atoms with Crippen LogP contribution in [-0.2, 0) is 9.59 Å². The number of carbonyl (C=O) groups is 2. The zero-order chi connectivity index (χ0) is 12.6. The molecule has 2 amide bonds. The Morgan fingerprint density at radius 3 is 2.50 bits per heavy atom. The highest BCUT2D eigenvalue weighted by molar-refractivity contribution is 5.82. The van der Waals surface area contributed by atoms with Crippen molar-refractivity contribution in [2.24, 2.45) is 5.92 Å². The van der Waals surface area contributed by atoms with Crippen LogP contribution in [0.15, 0.2) is 0 Å². The minimum absolute atomic E-state index is 0.0377. The molecule has 0 aromatic rings. The summed E-state index contributed by atoms with van der Waals surface area (Å²) in [6.07, 6.45) is 1.62. The Morgan fingerprint density at radius 1 is 1.44 bits per heavy atom. The number of nitriles is 1. The van der Waals surface area contributed by atoms with E-state index >= 15 is 0 Å². The molecule has 0 aromatic carbocycles. The van der Waals surface area contributed by atoms with Gasteiger partial charge in [-0.25, -0.2) is 0 Å². The van der Waals surface area contributed by atoms with Gasteiger partial charge in [-0.3, -0.25) is 9.59 Å². The normalized spacial score (nSPS) is 11.4. The van der Waals surface area contributed by atoms with Crippen LogP contribution in [0.5, 0.6) is 0 Å². The van der Waals surface area contributed by atoms with Crippen LogP contribution in [-0.4, -0.2) is 37.4 Å². The summed E-state index contributed by atoms with van der Waals surface area (Å²) in [5, 5.41) is 11.3. The summed E-state index contributed by atoms with van der Waals surface area (Å²) >= 11 is 0. The van der Waals surface area contributed by atoms with Gasteiger partial charge >= 0.3 is 0 Å². The van der Waals surface area contributed by atoms with Crippen LogP contribution in [0.25, 0.3) is 0 Å². The van der Waals surface area contributed by atoms with E-state index in [0.29, 0.717) is 6.42 Å². The average molecular weight is 225 g/mol. The van der Waals surface area contributed by atoms with Gasteiger partial charge in [0.05, 0.1) is 6.07 Å². The Bertz CT molecular complexity index is 281. The van der Waals surface area contributed by atoms with Crippen molar-refractivity contribution in [2.75, 3.05) is 20.6 Å². The molecule has 90 valence electrons. The summed E-state index contributed by atoms with van der Waals surface area (Å²) in [5.41, 5.74) is 0. The largest absolute Gasteiger partial charge is 0.354 e. The second-order valence-electron chi connectivity index (χ2n) is 3.80. The summed E-state index contributed by atoms with van der Waals surface area (Å²) in [6.45, 7) is 2.21. The van der Waals surface area contributed by atoms with Crippen molar-refractivity contribution < 1.29 is 9.59 Å². The van der Waals surface area contributed by atoms with Crippen molar-refractivity contribution in [3.05, 3.63) is 0 Å². The van der Waals surface area contributed by atoms with E-state index < -0.39 is 5.92 Å². The van der Waals surface area contributed by atoms with E-state index in [4.69, 9.17) is 5.26 Å². The van der Waals surface area contributed by atoms with Gasteiger partial charge in [0.1, 0.15) is 5.92 Å². The second-order valence-corrected chi connectivity index (χ2v) is 3.80. The van der Waals surface area contributed by atoms with Crippen molar-refractivity contribution in [1.82, 2.24) is 10.2 Å². The fourth-order valence-corrected chi connectivity index (χ4v) is 1.18. The minimum Gasteiger partial charge on any atom is -0.354 e. The molecule has 0 aliphatic carbocycles. The number of rotatable bonds is 6. The van der Waals surface area contributed by atoms with Gasteiger partial charge in [-0.1, -0.05) is 13.3 Å². The van der Waals surface area contributed by atoms with Crippen molar-refractivity contribution >= 4 is 11.8 Å². The molecule has 1 N–H and O–H groups in total. The summed E-state index contributed by atoms with van der Waals surface area (Å²) in [4.78, 5) is 24.1. The Hall–Kier alpha value is -1.57. The molecule has 0 fully saturated rings. The van der Waals surface area contributed by atoms with E-state index in [-0.39, 0.29) is 24.8 Å². The molecule has 0 radical (unpaired) electrons.